The third-order valence-corrected chi connectivity index (χ3v) is 4.76. The maximum Gasteiger partial charge on any atom is 0.143 e. The number of hydrogen-bond donors (Lipinski definition) is 1. The second-order valence-corrected chi connectivity index (χ2v) is 6.04. The standard InChI is InChI=1S/C13H22N2O/c1-10-6-14-8-13(10)9-15(5-4-12(13)16)7-11-2-3-11/h10-11,14H,2-9H2,1H3. The molecule has 2 atom stereocenters. The van der Waals surface area contributed by atoms with E-state index in [4.69, 9.17) is 0 Å². The monoisotopic (exact) mass is 222 g/mol. The molecule has 1 N–H and O–H groups in total. The summed E-state index contributed by atoms with van der Waals surface area (Å²) in [5, 5.41) is 3.40. The second-order valence-electron chi connectivity index (χ2n) is 6.04. The number of rotatable bonds is 2. The number of nitrogens with zero attached hydrogens (tertiary/aromatic N) is 1. The topological polar surface area (TPSA) is 32.3 Å². The quantitative estimate of drug-likeness (QED) is 0.753. The fourth-order valence-electron chi connectivity index (χ4n) is 3.36. The van der Waals surface area contributed by atoms with E-state index < -0.39 is 0 Å². The molecule has 16 heavy (non-hydrogen) atoms. The summed E-state index contributed by atoms with van der Waals surface area (Å²) in [7, 11) is 0. The summed E-state index contributed by atoms with van der Waals surface area (Å²) in [5.41, 5.74) is -0.0485. The Labute approximate surface area is 97.6 Å². The van der Waals surface area contributed by atoms with Crippen molar-refractivity contribution in [1.82, 2.24) is 10.2 Å². The number of carbonyl (C=O) groups is 1. The van der Waals surface area contributed by atoms with E-state index in [-0.39, 0.29) is 5.41 Å². The molecule has 2 heterocycles. The Balaban J connectivity index is 1.72. The van der Waals surface area contributed by atoms with Crippen LogP contribution in [-0.2, 0) is 4.79 Å². The SMILES string of the molecule is CC1CNCC12CN(CC1CC1)CCC2=O. The summed E-state index contributed by atoms with van der Waals surface area (Å²) in [6, 6.07) is 0. The van der Waals surface area contributed by atoms with Crippen molar-refractivity contribution in [2.45, 2.75) is 26.2 Å². The second kappa shape index (κ2) is 3.81. The molecule has 2 saturated heterocycles. The smallest absolute Gasteiger partial charge is 0.143 e. The van der Waals surface area contributed by atoms with Crippen molar-refractivity contribution < 1.29 is 4.79 Å². The highest BCUT2D eigenvalue weighted by Gasteiger charge is 2.49. The number of carbonyl (C=O) groups excluding carboxylic acids is 1. The summed E-state index contributed by atoms with van der Waals surface area (Å²) in [5.74, 6) is 1.97. The van der Waals surface area contributed by atoms with E-state index in [1.807, 2.05) is 0 Å². The summed E-state index contributed by atoms with van der Waals surface area (Å²) in [6.07, 6.45) is 3.59. The Morgan fingerprint density at radius 1 is 1.50 bits per heavy atom. The predicted molar refractivity (Wildman–Crippen MR) is 63.3 cm³/mol. The fraction of sp³-hybridized carbons (Fsp3) is 0.923. The molecule has 0 aromatic carbocycles. The predicted octanol–water partition coefficient (Wildman–Crippen LogP) is 0.897. The molecule has 0 bridgehead atoms. The Morgan fingerprint density at radius 2 is 2.31 bits per heavy atom. The van der Waals surface area contributed by atoms with Gasteiger partial charge < -0.3 is 10.2 Å². The highest BCUT2D eigenvalue weighted by molar-refractivity contribution is 5.87. The minimum Gasteiger partial charge on any atom is -0.315 e. The average molecular weight is 222 g/mol. The van der Waals surface area contributed by atoms with Crippen LogP contribution in [0.4, 0.5) is 0 Å². The summed E-state index contributed by atoms with van der Waals surface area (Å²) < 4.78 is 0. The minimum atomic E-state index is -0.0485. The van der Waals surface area contributed by atoms with Gasteiger partial charge in [-0.05, 0) is 31.2 Å². The molecule has 2 aliphatic heterocycles. The number of nitrogens with one attached hydrogen (secondary N) is 1. The molecule has 1 spiro atoms. The first-order chi connectivity index (χ1) is 7.71. The summed E-state index contributed by atoms with van der Waals surface area (Å²) >= 11 is 0. The molecule has 0 radical (unpaired) electrons. The molecule has 2 unspecified atom stereocenters. The van der Waals surface area contributed by atoms with E-state index in [0.717, 1.165) is 38.5 Å². The van der Waals surface area contributed by atoms with E-state index in [9.17, 15) is 4.79 Å². The van der Waals surface area contributed by atoms with Crippen molar-refractivity contribution in [3.63, 3.8) is 0 Å². The van der Waals surface area contributed by atoms with Gasteiger partial charge in [-0.3, -0.25) is 4.79 Å². The molecule has 3 rings (SSSR count). The Morgan fingerprint density at radius 3 is 2.94 bits per heavy atom. The van der Waals surface area contributed by atoms with Gasteiger partial charge in [-0.15, -0.1) is 0 Å². The van der Waals surface area contributed by atoms with Crippen LogP contribution >= 0.6 is 0 Å². The van der Waals surface area contributed by atoms with Crippen LogP contribution in [0.1, 0.15) is 26.2 Å². The molecule has 90 valence electrons. The van der Waals surface area contributed by atoms with Crippen molar-refractivity contribution in [1.29, 1.82) is 0 Å². The molecule has 3 nitrogen and oxygen atoms in total. The lowest BCUT2D eigenvalue weighted by atomic mass is 9.72. The Kier molecular flexibility index (Phi) is 2.55. The van der Waals surface area contributed by atoms with Gasteiger partial charge in [-0.25, -0.2) is 0 Å². The van der Waals surface area contributed by atoms with Crippen LogP contribution in [0.2, 0.25) is 0 Å². The molecule has 1 aliphatic carbocycles. The first kappa shape index (κ1) is 10.7. The molecule has 0 aromatic heterocycles. The van der Waals surface area contributed by atoms with Gasteiger partial charge in [0.15, 0.2) is 0 Å². The van der Waals surface area contributed by atoms with Crippen LogP contribution in [0.3, 0.4) is 0 Å². The van der Waals surface area contributed by atoms with E-state index in [0.29, 0.717) is 11.7 Å². The lowest BCUT2D eigenvalue weighted by Crippen LogP contribution is -2.53. The number of likely N-dealkylation sites (tertiary alicyclic amines) is 1. The van der Waals surface area contributed by atoms with Crippen LogP contribution in [0.5, 0.6) is 0 Å². The first-order valence-electron chi connectivity index (χ1n) is 6.67. The lowest BCUT2D eigenvalue weighted by molar-refractivity contribution is -0.135. The largest absolute Gasteiger partial charge is 0.315 e. The molecule has 0 aromatic rings. The van der Waals surface area contributed by atoms with E-state index in [2.05, 4.69) is 17.1 Å². The third-order valence-electron chi connectivity index (χ3n) is 4.76. The third kappa shape index (κ3) is 1.70. The summed E-state index contributed by atoms with van der Waals surface area (Å²) in [6.45, 7) is 7.41. The molecular weight excluding hydrogens is 200 g/mol. The van der Waals surface area contributed by atoms with Crippen LogP contribution < -0.4 is 5.32 Å². The van der Waals surface area contributed by atoms with Crippen LogP contribution in [0, 0.1) is 17.3 Å². The molecule has 1 saturated carbocycles. The van der Waals surface area contributed by atoms with Crippen molar-refractivity contribution >= 4 is 5.78 Å². The van der Waals surface area contributed by atoms with E-state index in [1.165, 1.54) is 19.4 Å². The Bertz CT molecular complexity index is 300. The maximum atomic E-state index is 12.2. The van der Waals surface area contributed by atoms with Gasteiger partial charge in [0.05, 0.1) is 5.41 Å². The zero-order valence-electron chi connectivity index (χ0n) is 10.2. The number of Topliss-reactive ketones (excluding diaryl/α,β-unsaturated/α-hetero) is 1. The van der Waals surface area contributed by atoms with Gasteiger partial charge in [-0.1, -0.05) is 6.92 Å². The van der Waals surface area contributed by atoms with Gasteiger partial charge in [0.2, 0.25) is 0 Å². The maximum absolute atomic E-state index is 12.2. The zero-order valence-corrected chi connectivity index (χ0v) is 10.2. The molecule has 3 aliphatic rings. The summed E-state index contributed by atoms with van der Waals surface area (Å²) in [4.78, 5) is 14.8. The highest BCUT2D eigenvalue weighted by Crippen LogP contribution is 2.39. The number of hydrogen-bond acceptors (Lipinski definition) is 3. The van der Waals surface area contributed by atoms with Crippen LogP contribution in [-0.4, -0.2) is 43.4 Å². The van der Waals surface area contributed by atoms with Gasteiger partial charge in [0, 0.05) is 32.6 Å². The normalized spacial score (nSPS) is 40.8. The average Bonchev–Trinajstić information content (AvgIpc) is 3.00. The Hall–Kier alpha value is -0.410. The van der Waals surface area contributed by atoms with Crippen molar-refractivity contribution in [2.24, 2.45) is 17.3 Å². The number of ketones is 1. The molecule has 0 amide bonds. The van der Waals surface area contributed by atoms with Gasteiger partial charge in [-0.2, -0.15) is 0 Å². The van der Waals surface area contributed by atoms with Gasteiger partial charge in [0.25, 0.3) is 0 Å². The lowest BCUT2D eigenvalue weighted by Gasteiger charge is -2.41. The fourth-order valence-corrected chi connectivity index (χ4v) is 3.36. The van der Waals surface area contributed by atoms with E-state index in [1.54, 1.807) is 0 Å². The molecule has 3 heteroatoms. The number of piperidine rings is 1. The van der Waals surface area contributed by atoms with Crippen molar-refractivity contribution in [3.8, 4) is 0 Å². The molecule has 3 fully saturated rings. The minimum absolute atomic E-state index is 0.0485. The molecular formula is C13H22N2O. The van der Waals surface area contributed by atoms with Gasteiger partial charge in [0.1, 0.15) is 5.78 Å². The van der Waals surface area contributed by atoms with Crippen molar-refractivity contribution in [3.05, 3.63) is 0 Å². The highest BCUT2D eigenvalue weighted by atomic mass is 16.1. The zero-order chi connectivity index (χ0) is 11.2. The van der Waals surface area contributed by atoms with E-state index >= 15 is 0 Å². The van der Waals surface area contributed by atoms with Gasteiger partial charge >= 0.3 is 0 Å². The van der Waals surface area contributed by atoms with Crippen LogP contribution in [0.15, 0.2) is 0 Å². The van der Waals surface area contributed by atoms with Crippen LogP contribution in [0.25, 0.3) is 0 Å². The first-order valence-corrected chi connectivity index (χ1v) is 6.67. The van der Waals surface area contributed by atoms with Crippen molar-refractivity contribution in [2.75, 3.05) is 32.7 Å².